The summed E-state index contributed by atoms with van der Waals surface area (Å²) in [6.45, 7) is 1.19. The lowest BCUT2D eigenvalue weighted by Crippen LogP contribution is -2.37. The molecule has 0 saturated carbocycles. The molecule has 8 heteroatoms. The van der Waals surface area contributed by atoms with Crippen LogP contribution in [0.2, 0.25) is 0 Å². The van der Waals surface area contributed by atoms with E-state index in [2.05, 4.69) is 26.0 Å². The summed E-state index contributed by atoms with van der Waals surface area (Å²) < 4.78 is 40.2. The van der Waals surface area contributed by atoms with E-state index in [4.69, 9.17) is 0 Å². The Morgan fingerprint density at radius 1 is 1.47 bits per heavy atom. The van der Waals surface area contributed by atoms with Crippen molar-refractivity contribution in [2.45, 2.75) is 23.8 Å². The van der Waals surface area contributed by atoms with Gasteiger partial charge in [0, 0.05) is 12.6 Å². The van der Waals surface area contributed by atoms with Crippen molar-refractivity contribution in [3.05, 3.63) is 28.5 Å². The number of hydrogen-bond acceptors (Lipinski definition) is 3. The Morgan fingerprint density at radius 3 is 2.84 bits per heavy atom. The standard InChI is InChI=1S/C11H14BrFN2O2S.ClH/c12-9-4-1-5-10(11(9)13)18(16,17)15-7-8-3-2-6-14-8;/h1,4-5,8,14-15H,2-3,6-7H2;1H. The van der Waals surface area contributed by atoms with Crippen LogP contribution in [0.25, 0.3) is 0 Å². The summed E-state index contributed by atoms with van der Waals surface area (Å²) in [4.78, 5) is -0.324. The van der Waals surface area contributed by atoms with Gasteiger partial charge in [0.25, 0.3) is 0 Å². The molecule has 1 fully saturated rings. The minimum atomic E-state index is -3.80. The van der Waals surface area contributed by atoms with Gasteiger partial charge in [-0.25, -0.2) is 17.5 Å². The maximum atomic E-state index is 13.7. The molecule has 0 radical (unpaired) electrons. The molecular formula is C11H15BrClFN2O2S. The van der Waals surface area contributed by atoms with Gasteiger partial charge in [0.05, 0.1) is 4.47 Å². The van der Waals surface area contributed by atoms with Crippen molar-refractivity contribution in [2.24, 2.45) is 0 Å². The number of hydrogen-bond donors (Lipinski definition) is 2. The average molecular weight is 374 g/mol. The normalized spacial score (nSPS) is 19.2. The summed E-state index contributed by atoms with van der Waals surface area (Å²) in [6, 6.07) is 4.35. The van der Waals surface area contributed by atoms with Crippen LogP contribution in [-0.2, 0) is 10.0 Å². The number of halogens is 3. The Labute approximate surface area is 126 Å². The minimum Gasteiger partial charge on any atom is -0.313 e. The molecule has 0 bridgehead atoms. The van der Waals surface area contributed by atoms with Crippen LogP contribution in [0.1, 0.15) is 12.8 Å². The SMILES string of the molecule is Cl.O=S(=O)(NCC1CCCN1)c1cccc(Br)c1F. The van der Waals surface area contributed by atoms with Gasteiger partial charge in [-0.2, -0.15) is 0 Å². The van der Waals surface area contributed by atoms with Gasteiger partial charge in [0.2, 0.25) is 10.0 Å². The molecule has 108 valence electrons. The second kappa shape index (κ2) is 6.99. The zero-order valence-electron chi connectivity index (χ0n) is 10.0. The fraction of sp³-hybridized carbons (Fsp3) is 0.455. The van der Waals surface area contributed by atoms with E-state index in [0.29, 0.717) is 0 Å². The van der Waals surface area contributed by atoms with Crippen molar-refractivity contribution < 1.29 is 12.8 Å². The number of sulfonamides is 1. The number of nitrogens with one attached hydrogen (secondary N) is 2. The van der Waals surface area contributed by atoms with Crippen LogP contribution >= 0.6 is 28.3 Å². The molecule has 2 N–H and O–H groups in total. The Morgan fingerprint density at radius 2 is 2.21 bits per heavy atom. The van der Waals surface area contributed by atoms with Gasteiger partial charge in [-0.05, 0) is 47.4 Å². The molecule has 1 unspecified atom stereocenters. The van der Waals surface area contributed by atoms with Crippen molar-refractivity contribution in [1.29, 1.82) is 0 Å². The predicted molar refractivity (Wildman–Crippen MR) is 77.6 cm³/mol. The monoisotopic (exact) mass is 372 g/mol. The summed E-state index contributed by atoms with van der Waals surface area (Å²) in [6.07, 6.45) is 1.97. The third kappa shape index (κ3) is 4.13. The summed E-state index contributed by atoms with van der Waals surface area (Å²) >= 11 is 2.98. The fourth-order valence-electron chi connectivity index (χ4n) is 1.91. The summed E-state index contributed by atoms with van der Waals surface area (Å²) in [5, 5.41) is 3.18. The van der Waals surface area contributed by atoms with Gasteiger partial charge in [-0.1, -0.05) is 6.07 Å². The van der Waals surface area contributed by atoms with Crippen LogP contribution in [0, 0.1) is 5.82 Å². The van der Waals surface area contributed by atoms with Crippen molar-refractivity contribution in [1.82, 2.24) is 10.0 Å². The first-order valence-corrected chi connectivity index (χ1v) is 7.95. The lowest BCUT2D eigenvalue weighted by Gasteiger charge is -2.12. The summed E-state index contributed by atoms with van der Waals surface area (Å²) in [7, 11) is -3.80. The molecule has 19 heavy (non-hydrogen) atoms. The molecule has 0 aliphatic carbocycles. The second-order valence-corrected chi connectivity index (χ2v) is 6.79. The molecular weight excluding hydrogens is 359 g/mol. The van der Waals surface area contributed by atoms with Crippen molar-refractivity contribution in [3.63, 3.8) is 0 Å². The van der Waals surface area contributed by atoms with Gasteiger partial charge in [0.15, 0.2) is 5.82 Å². The van der Waals surface area contributed by atoms with Crippen LogP contribution in [0.3, 0.4) is 0 Å². The summed E-state index contributed by atoms with van der Waals surface area (Å²) in [5.74, 6) is -0.760. The molecule has 0 amide bonds. The third-order valence-corrected chi connectivity index (χ3v) is 4.94. The topological polar surface area (TPSA) is 58.2 Å². The highest BCUT2D eigenvalue weighted by atomic mass is 79.9. The Hall–Kier alpha value is -0.210. The highest BCUT2D eigenvalue weighted by molar-refractivity contribution is 9.10. The lowest BCUT2D eigenvalue weighted by atomic mass is 10.2. The molecule has 0 aromatic heterocycles. The van der Waals surface area contributed by atoms with Gasteiger partial charge < -0.3 is 5.32 Å². The maximum absolute atomic E-state index is 13.7. The first-order valence-electron chi connectivity index (χ1n) is 5.68. The van der Waals surface area contributed by atoms with E-state index in [1.807, 2.05) is 0 Å². The van der Waals surface area contributed by atoms with Crippen molar-refractivity contribution in [3.8, 4) is 0 Å². The highest BCUT2D eigenvalue weighted by Gasteiger charge is 2.22. The molecule has 1 aromatic rings. The van der Waals surface area contributed by atoms with Crippen LogP contribution in [0.5, 0.6) is 0 Å². The predicted octanol–water partition coefficient (Wildman–Crippen LogP) is 2.04. The van der Waals surface area contributed by atoms with Gasteiger partial charge in [0.1, 0.15) is 4.90 Å². The van der Waals surface area contributed by atoms with Gasteiger partial charge >= 0.3 is 0 Å². The van der Waals surface area contributed by atoms with Gasteiger partial charge in [-0.15, -0.1) is 12.4 Å². The quantitative estimate of drug-likeness (QED) is 0.849. The second-order valence-electron chi connectivity index (χ2n) is 4.20. The van der Waals surface area contributed by atoms with E-state index in [-0.39, 0.29) is 34.4 Å². The maximum Gasteiger partial charge on any atom is 0.243 e. The Kier molecular flexibility index (Phi) is 6.19. The largest absolute Gasteiger partial charge is 0.313 e. The minimum absolute atomic E-state index is 0. The zero-order valence-corrected chi connectivity index (χ0v) is 13.2. The lowest BCUT2D eigenvalue weighted by molar-refractivity contribution is 0.537. The summed E-state index contributed by atoms with van der Waals surface area (Å²) in [5.41, 5.74) is 0. The first kappa shape index (κ1) is 16.8. The van der Waals surface area contributed by atoms with Crippen LogP contribution in [-0.4, -0.2) is 27.5 Å². The van der Waals surface area contributed by atoms with Crippen LogP contribution in [0.15, 0.2) is 27.6 Å². The number of benzene rings is 1. The van der Waals surface area contributed by atoms with Crippen LogP contribution in [0.4, 0.5) is 4.39 Å². The molecule has 1 aliphatic rings. The molecule has 0 spiro atoms. The first-order chi connectivity index (χ1) is 8.50. The average Bonchev–Trinajstić information content (AvgIpc) is 2.83. The van der Waals surface area contributed by atoms with Gasteiger partial charge in [-0.3, -0.25) is 0 Å². The van der Waals surface area contributed by atoms with Crippen LogP contribution < -0.4 is 10.0 Å². The highest BCUT2D eigenvalue weighted by Crippen LogP contribution is 2.22. The Bertz CT molecular complexity index is 535. The smallest absolute Gasteiger partial charge is 0.243 e. The fourth-order valence-corrected chi connectivity index (χ4v) is 3.59. The van der Waals surface area contributed by atoms with E-state index in [1.165, 1.54) is 18.2 Å². The molecule has 1 aliphatic heterocycles. The zero-order chi connectivity index (χ0) is 13.2. The van der Waals surface area contributed by atoms with E-state index in [0.717, 1.165) is 19.4 Å². The molecule has 1 atom stereocenters. The van der Waals surface area contributed by atoms with Crippen molar-refractivity contribution >= 4 is 38.4 Å². The third-order valence-electron chi connectivity index (χ3n) is 2.89. The molecule has 1 saturated heterocycles. The molecule has 1 aromatic carbocycles. The van der Waals surface area contributed by atoms with E-state index >= 15 is 0 Å². The Balaban J connectivity index is 0.00000180. The molecule has 4 nitrogen and oxygen atoms in total. The van der Waals surface area contributed by atoms with E-state index in [1.54, 1.807) is 0 Å². The van der Waals surface area contributed by atoms with Crippen molar-refractivity contribution in [2.75, 3.05) is 13.1 Å². The molecule has 2 rings (SSSR count). The van der Waals surface area contributed by atoms with E-state index < -0.39 is 15.8 Å². The molecule has 1 heterocycles. The van der Waals surface area contributed by atoms with E-state index in [9.17, 15) is 12.8 Å². The number of rotatable bonds is 4.